The lowest BCUT2D eigenvalue weighted by molar-refractivity contribution is 0.267. The van der Waals surface area contributed by atoms with Crippen LogP contribution in [-0.2, 0) is 6.61 Å². The first-order valence-electron chi connectivity index (χ1n) is 6.51. The van der Waals surface area contributed by atoms with Crippen LogP contribution in [-0.4, -0.2) is 11.7 Å². The normalized spacial score (nSPS) is 12.2. The lowest BCUT2D eigenvalue weighted by Crippen LogP contribution is -2.06. The van der Waals surface area contributed by atoms with Gasteiger partial charge in [0.15, 0.2) is 0 Å². The maximum absolute atomic E-state index is 9.42. The minimum Gasteiger partial charge on any atom is -0.494 e. The molecule has 0 aliphatic carbocycles. The number of benzene rings is 1. The predicted octanol–water partition coefficient (Wildman–Crippen LogP) is 4.57. The first-order chi connectivity index (χ1) is 9.65. The molecule has 0 saturated carbocycles. The molecular weight excluding hydrogens is 338 g/mol. The van der Waals surface area contributed by atoms with Gasteiger partial charge in [0.1, 0.15) is 5.75 Å². The number of aliphatic hydroxyl groups excluding tert-OH is 1. The van der Waals surface area contributed by atoms with Crippen LogP contribution >= 0.6 is 27.3 Å². The summed E-state index contributed by atoms with van der Waals surface area (Å²) < 4.78 is 6.61. The second kappa shape index (κ2) is 7.11. The zero-order chi connectivity index (χ0) is 14.5. The minimum absolute atomic E-state index is 0.0259. The summed E-state index contributed by atoms with van der Waals surface area (Å²) in [7, 11) is 0. The van der Waals surface area contributed by atoms with E-state index in [-0.39, 0.29) is 12.6 Å². The van der Waals surface area contributed by atoms with E-state index in [2.05, 4.69) is 39.6 Å². The van der Waals surface area contributed by atoms with Gasteiger partial charge in [-0.2, -0.15) is 0 Å². The standard InChI is InChI=1S/C15H18BrNO2S/c1-3-19-14-5-4-12(8-11(14)9-18)17-10(2)15-13(16)6-7-20-15/h4-8,10,17-18H,3,9H2,1-2H3. The number of thiophene rings is 1. The molecule has 2 N–H and O–H groups in total. The van der Waals surface area contributed by atoms with E-state index in [1.54, 1.807) is 11.3 Å². The summed E-state index contributed by atoms with van der Waals surface area (Å²) in [5, 5.41) is 14.9. The van der Waals surface area contributed by atoms with Crippen LogP contribution in [0.4, 0.5) is 5.69 Å². The summed E-state index contributed by atoms with van der Waals surface area (Å²) in [6, 6.07) is 8.06. The second-order valence-corrected chi connectivity index (χ2v) is 6.21. The van der Waals surface area contributed by atoms with Crippen molar-refractivity contribution >= 4 is 33.0 Å². The topological polar surface area (TPSA) is 41.5 Å². The lowest BCUT2D eigenvalue weighted by Gasteiger charge is -2.16. The molecule has 0 aliphatic rings. The number of ether oxygens (including phenoxy) is 1. The molecule has 0 bridgehead atoms. The number of halogens is 1. The van der Waals surface area contributed by atoms with Crippen molar-refractivity contribution in [3.63, 3.8) is 0 Å². The van der Waals surface area contributed by atoms with Gasteiger partial charge in [-0.3, -0.25) is 0 Å². The highest BCUT2D eigenvalue weighted by Crippen LogP contribution is 2.32. The molecule has 0 spiro atoms. The minimum atomic E-state index is -0.0259. The predicted molar refractivity (Wildman–Crippen MR) is 87.6 cm³/mol. The summed E-state index contributed by atoms with van der Waals surface area (Å²) in [5.74, 6) is 0.741. The number of hydrogen-bond acceptors (Lipinski definition) is 4. The Balaban J connectivity index is 2.15. The number of nitrogens with one attached hydrogen (secondary N) is 1. The van der Waals surface area contributed by atoms with Gasteiger partial charge in [-0.1, -0.05) is 0 Å². The number of hydrogen-bond donors (Lipinski definition) is 2. The Morgan fingerprint density at radius 1 is 1.40 bits per heavy atom. The molecule has 0 amide bonds. The van der Waals surface area contributed by atoms with Gasteiger partial charge in [0.05, 0.1) is 19.3 Å². The molecule has 2 aromatic rings. The van der Waals surface area contributed by atoms with Crippen molar-refractivity contribution in [3.8, 4) is 5.75 Å². The van der Waals surface area contributed by atoms with Crippen molar-refractivity contribution in [1.82, 2.24) is 0 Å². The molecule has 0 radical (unpaired) electrons. The number of anilines is 1. The van der Waals surface area contributed by atoms with Crippen LogP contribution in [0.25, 0.3) is 0 Å². The lowest BCUT2D eigenvalue weighted by atomic mass is 10.1. The highest BCUT2D eigenvalue weighted by molar-refractivity contribution is 9.10. The van der Waals surface area contributed by atoms with Crippen LogP contribution in [0.15, 0.2) is 34.1 Å². The molecular formula is C15H18BrNO2S. The van der Waals surface area contributed by atoms with Crippen LogP contribution in [0, 0.1) is 0 Å². The van der Waals surface area contributed by atoms with Crippen molar-refractivity contribution in [1.29, 1.82) is 0 Å². The fourth-order valence-corrected chi connectivity index (χ4v) is 3.74. The van der Waals surface area contributed by atoms with Gasteiger partial charge in [-0.05, 0) is 59.4 Å². The third kappa shape index (κ3) is 3.53. The van der Waals surface area contributed by atoms with Crippen LogP contribution in [0.2, 0.25) is 0 Å². The van der Waals surface area contributed by atoms with Gasteiger partial charge in [-0.25, -0.2) is 0 Å². The summed E-state index contributed by atoms with van der Waals surface area (Å²) in [5.41, 5.74) is 1.78. The highest BCUT2D eigenvalue weighted by Gasteiger charge is 2.12. The van der Waals surface area contributed by atoms with E-state index in [0.717, 1.165) is 21.5 Å². The van der Waals surface area contributed by atoms with E-state index >= 15 is 0 Å². The first kappa shape index (κ1) is 15.4. The van der Waals surface area contributed by atoms with E-state index in [0.29, 0.717) is 6.61 Å². The largest absolute Gasteiger partial charge is 0.494 e. The fourth-order valence-electron chi connectivity index (χ4n) is 2.02. The van der Waals surface area contributed by atoms with Crippen LogP contribution in [0.1, 0.15) is 30.3 Å². The van der Waals surface area contributed by atoms with Gasteiger partial charge in [-0.15, -0.1) is 11.3 Å². The molecule has 5 heteroatoms. The van der Waals surface area contributed by atoms with E-state index < -0.39 is 0 Å². The average Bonchev–Trinajstić information content (AvgIpc) is 2.87. The first-order valence-corrected chi connectivity index (χ1v) is 8.19. The maximum atomic E-state index is 9.42. The average molecular weight is 356 g/mol. The van der Waals surface area contributed by atoms with E-state index in [4.69, 9.17) is 4.74 Å². The Bertz CT molecular complexity index is 571. The van der Waals surface area contributed by atoms with E-state index in [1.165, 1.54) is 4.88 Å². The van der Waals surface area contributed by atoms with E-state index in [1.807, 2.05) is 25.1 Å². The molecule has 1 aromatic heterocycles. The Kier molecular flexibility index (Phi) is 5.46. The summed E-state index contributed by atoms with van der Waals surface area (Å²) in [6.45, 7) is 4.62. The number of rotatable bonds is 6. The molecule has 0 aliphatic heterocycles. The zero-order valence-corrected chi connectivity index (χ0v) is 13.9. The van der Waals surface area contributed by atoms with E-state index in [9.17, 15) is 5.11 Å². The molecule has 20 heavy (non-hydrogen) atoms. The molecule has 1 aromatic carbocycles. The Labute approximate surface area is 131 Å². The molecule has 3 nitrogen and oxygen atoms in total. The summed E-state index contributed by atoms with van der Waals surface area (Å²) >= 11 is 5.27. The summed E-state index contributed by atoms with van der Waals surface area (Å²) in [6.07, 6.45) is 0. The molecule has 0 saturated heterocycles. The molecule has 1 unspecified atom stereocenters. The van der Waals surface area contributed by atoms with Crippen molar-refractivity contribution in [2.75, 3.05) is 11.9 Å². The van der Waals surface area contributed by atoms with Gasteiger partial charge < -0.3 is 15.2 Å². The van der Waals surface area contributed by atoms with Crippen molar-refractivity contribution in [2.24, 2.45) is 0 Å². The highest BCUT2D eigenvalue weighted by atomic mass is 79.9. The maximum Gasteiger partial charge on any atom is 0.124 e. The third-order valence-electron chi connectivity index (χ3n) is 2.95. The zero-order valence-electron chi connectivity index (χ0n) is 11.5. The monoisotopic (exact) mass is 355 g/mol. The fraction of sp³-hybridized carbons (Fsp3) is 0.333. The van der Waals surface area contributed by atoms with Crippen molar-refractivity contribution < 1.29 is 9.84 Å². The van der Waals surface area contributed by atoms with Gasteiger partial charge in [0.2, 0.25) is 0 Å². The van der Waals surface area contributed by atoms with Crippen LogP contribution in [0.5, 0.6) is 5.75 Å². The second-order valence-electron chi connectivity index (χ2n) is 4.41. The Morgan fingerprint density at radius 2 is 2.20 bits per heavy atom. The molecule has 0 fully saturated rings. The third-order valence-corrected chi connectivity index (χ3v) is 5.01. The smallest absolute Gasteiger partial charge is 0.124 e. The molecule has 1 heterocycles. The van der Waals surface area contributed by atoms with Crippen LogP contribution < -0.4 is 10.1 Å². The Hall–Kier alpha value is -1.04. The SMILES string of the molecule is CCOc1ccc(NC(C)c2sccc2Br)cc1CO. The van der Waals surface area contributed by atoms with Gasteiger partial charge in [0.25, 0.3) is 0 Å². The summed E-state index contributed by atoms with van der Waals surface area (Å²) in [4.78, 5) is 1.25. The quantitative estimate of drug-likeness (QED) is 0.796. The number of aliphatic hydroxyl groups is 1. The molecule has 108 valence electrons. The van der Waals surface area contributed by atoms with Crippen molar-refractivity contribution in [2.45, 2.75) is 26.5 Å². The van der Waals surface area contributed by atoms with Crippen molar-refractivity contribution in [3.05, 3.63) is 44.6 Å². The Morgan fingerprint density at radius 3 is 2.80 bits per heavy atom. The molecule has 2 rings (SSSR count). The van der Waals surface area contributed by atoms with Crippen LogP contribution in [0.3, 0.4) is 0 Å². The van der Waals surface area contributed by atoms with Gasteiger partial charge in [0, 0.05) is 20.6 Å². The molecule has 1 atom stereocenters. The van der Waals surface area contributed by atoms with Gasteiger partial charge >= 0.3 is 0 Å².